The predicted octanol–water partition coefficient (Wildman–Crippen LogP) is 2.24. The van der Waals surface area contributed by atoms with Crippen molar-refractivity contribution in [1.82, 2.24) is 0 Å². The molecule has 0 saturated heterocycles. The highest BCUT2D eigenvalue weighted by Crippen LogP contribution is 2.14. The predicted molar refractivity (Wildman–Crippen MR) is 80.3 cm³/mol. The highest BCUT2D eigenvalue weighted by Gasteiger charge is 1.98. The van der Waals surface area contributed by atoms with Gasteiger partial charge in [0.1, 0.15) is 0 Å². The molecule has 4 heteroatoms. The number of halogens is 1. The van der Waals surface area contributed by atoms with E-state index < -0.39 is 0 Å². The van der Waals surface area contributed by atoms with Crippen molar-refractivity contribution in [2.45, 2.75) is 26.2 Å². The molecule has 0 saturated carbocycles. The van der Waals surface area contributed by atoms with Crippen LogP contribution in [-0.4, -0.2) is 12.5 Å². The molecule has 3 nitrogen and oxygen atoms in total. The Labute approximate surface area is 114 Å². The van der Waals surface area contributed by atoms with E-state index in [2.05, 4.69) is 43.1 Å². The van der Waals surface area contributed by atoms with Gasteiger partial charge in [-0.1, -0.05) is 38.1 Å². The van der Waals surface area contributed by atoms with Crippen LogP contribution in [0.1, 0.15) is 30.9 Å². The maximum Gasteiger partial charge on any atom is 0.185 e. The Hall–Kier alpha value is -0.780. The largest absolute Gasteiger partial charge is 0.370 e. The van der Waals surface area contributed by atoms with E-state index in [0.29, 0.717) is 12.5 Å². The Balaban J connectivity index is 0.00000225. The minimum atomic E-state index is 0. The summed E-state index contributed by atoms with van der Waals surface area (Å²) in [7, 11) is 0. The van der Waals surface area contributed by atoms with E-state index in [9.17, 15) is 0 Å². The van der Waals surface area contributed by atoms with Gasteiger partial charge in [-0.3, -0.25) is 4.99 Å². The fourth-order valence-corrected chi connectivity index (χ4v) is 1.38. The Kier molecular flexibility index (Phi) is 7.12. The van der Waals surface area contributed by atoms with Gasteiger partial charge in [-0.25, -0.2) is 0 Å². The number of nitrogens with zero attached hydrogens (tertiary/aromatic N) is 1. The van der Waals surface area contributed by atoms with E-state index in [-0.39, 0.29) is 29.9 Å². The molecule has 4 N–H and O–H groups in total. The molecule has 1 aromatic rings. The quantitative estimate of drug-likeness (QED) is 0.504. The lowest BCUT2D eigenvalue weighted by molar-refractivity contribution is 0.863. The zero-order valence-electron chi connectivity index (χ0n) is 9.81. The Bertz CT molecular complexity index is 327. The summed E-state index contributed by atoms with van der Waals surface area (Å²) < 4.78 is 0. The van der Waals surface area contributed by atoms with Gasteiger partial charge in [-0.05, 0) is 23.5 Å². The number of benzene rings is 1. The van der Waals surface area contributed by atoms with Gasteiger partial charge in [0.15, 0.2) is 5.96 Å². The van der Waals surface area contributed by atoms with Crippen molar-refractivity contribution in [3.63, 3.8) is 0 Å². The van der Waals surface area contributed by atoms with Crippen molar-refractivity contribution >= 4 is 29.9 Å². The van der Waals surface area contributed by atoms with Gasteiger partial charge < -0.3 is 11.5 Å². The molecule has 0 spiro atoms. The molecular formula is C12H20IN3. The van der Waals surface area contributed by atoms with Crippen LogP contribution in [-0.2, 0) is 6.42 Å². The summed E-state index contributed by atoms with van der Waals surface area (Å²) in [6.07, 6.45) is 0.885. The van der Waals surface area contributed by atoms with Gasteiger partial charge in [-0.15, -0.1) is 24.0 Å². The highest BCUT2D eigenvalue weighted by atomic mass is 127. The third-order valence-electron chi connectivity index (χ3n) is 2.34. The summed E-state index contributed by atoms with van der Waals surface area (Å²) >= 11 is 0. The molecule has 0 fully saturated rings. The lowest BCUT2D eigenvalue weighted by Gasteiger charge is -2.05. The lowest BCUT2D eigenvalue weighted by Crippen LogP contribution is -2.23. The van der Waals surface area contributed by atoms with E-state index in [1.54, 1.807) is 0 Å². The number of aliphatic imine (C=N–C) groups is 1. The van der Waals surface area contributed by atoms with Crippen molar-refractivity contribution in [2.24, 2.45) is 16.5 Å². The van der Waals surface area contributed by atoms with Crippen LogP contribution in [0.25, 0.3) is 0 Å². The fourth-order valence-electron chi connectivity index (χ4n) is 1.38. The molecule has 0 aromatic heterocycles. The monoisotopic (exact) mass is 333 g/mol. The summed E-state index contributed by atoms with van der Waals surface area (Å²) in [5.41, 5.74) is 13.1. The van der Waals surface area contributed by atoms with Gasteiger partial charge in [-0.2, -0.15) is 0 Å². The average molecular weight is 333 g/mol. The molecule has 16 heavy (non-hydrogen) atoms. The summed E-state index contributed by atoms with van der Waals surface area (Å²) in [5, 5.41) is 0. The van der Waals surface area contributed by atoms with Crippen LogP contribution in [0.2, 0.25) is 0 Å². The first-order valence-corrected chi connectivity index (χ1v) is 5.24. The minimum absolute atomic E-state index is 0. The summed E-state index contributed by atoms with van der Waals surface area (Å²) in [6, 6.07) is 8.60. The molecule has 0 amide bonds. The summed E-state index contributed by atoms with van der Waals surface area (Å²) in [6.45, 7) is 5.03. The van der Waals surface area contributed by atoms with Crippen LogP contribution in [0.15, 0.2) is 29.3 Å². The second-order valence-corrected chi connectivity index (χ2v) is 3.95. The van der Waals surface area contributed by atoms with Crippen LogP contribution in [0.3, 0.4) is 0 Å². The SMILES string of the molecule is CC(C)c1ccc(CCN=C(N)N)cc1.I. The maximum atomic E-state index is 5.25. The van der Waals surface area contributed by atoms with Crippen molar-refractivity contribution < 1.29 is 0 Å². The first kappa shape index (κ1) is 15.2. The van der Waals surface area contributed by atoms with Crippen LogP contribution in [0, 0.1) is 0 Å². The third kappa shape index (κ3) is 5.34. The van der Waals surface area contributed by atoms with E-state index in [1.807, 2.05) is 0 Å². The molecule has 0 aliphatic rings. The van der Waals surface area contributed by atoms with Crippen molar-refractivity contribution in [2.75, 3.05) is 6.54 Å². The second kappa shape index (κ2) is 7.49. The van der Waals surface area contributed by atoms with E-state index in [0.717, 1.165) is 6.42 Å². The Morgan fingerprint density at radius 3 is 2.19 bits per heavy atom. The van der Waals surface area contributed by atoms with Crippen LogP contribution in [0.4, 0.5) is 0 Å². The Morgan fingerprint density at radius 1 is 1.19 bits per heavy atom. The summed E-state index contributed by atoms with van der Waals surface area (Å²) in [5.74, 6) is 0.741. The molecule has 1 aromatic carbocycles. The van der Waals surface area contributed by atoms with Gasteiger partial charge in [0.2, 0.25) is 0 Å². The van der Waals surface area contributed by atoms with Gasteiger partial charge in [0.05, 0.1) is 0 Å². The first-order valence-electron chi connectivity index (χ1n) is 5.24. The summed E-state index contributed by atoms with van der Waals surface area (Å²) in [4.78, 5) is 3.95. The fraction of sp³-hybridized carbons (Fsp3) is 0.417. The molecule has 0 atom stereocenters. The van der Waals surface area contributed by atoms with E-state index in [1.165, 1.54) is 11.1 Å². The maximum absolute atomic E-state index is 5.25. The standard InChI is InChI=1S/C12H19N3.HI/c1-9(2)11-5-3-10(4-6-11)7-8-15-12(13)14;/h3-6,9H,7-8H2,1-2H3,(H4,13,14,15);1H. The molecule has 90 valence electrons. The van der Waals surface area contributed by atoms with Crippen LogP contribution < -0.4 is 11.5 Å². The molecule has 0 aliphatic carbocycles. The first-order chi connectivity index (χ1) is 7.09. The normalized spacial score (nSPS) is 9.69. The number of rotatable bonds is 4. The topological polar surface area (TPSA) is 64.4 Å². The minimum Gasteiger partial charge on any atom is -0.370 e. The molecule has 1 rings (SSSR count). The molecule has 0 unspecified atom stereocenters. The number of guanidine groups is 1. The third-order valence-corrected chi connectivity index (χ3v) is 2.34. The van der Waals surface area contributed by atoms with Crippen molar-refractivity contribution in [3.8, 4) is 0 Å². The van der Waals surface area contributed by atoms with Crippen molar-refractivity contribution in [1.29, 1.82) is 0 Å². The molecule has 0 radical (unpaired) electrons. The number of nitrogens with two attached hydrogens (primary N) is 2. The van der Waals surface area contributed by atoms with Gasteiger partial charge in [0, 0.05) is 6.54 Å². The highest BCUT2D eigenvalue weighted by molar-refractivity contribution is 14.0. The number of hydrogen-bond acceptors (Lipinski definition) is 1. The smallest absolute Gasteiger partial charge is 0.185 e. The molecule has 0 heterocycles. The van der Waals surface area contributed by atoms with Crippen LogP contribution in [0.5, 0.6) is 0 Å². The molecular weight excluding hydrogens is 313 g/mol. The lowest BCUT2D eigenvalue weighted by atomic mass is 10.0. The molecule has 0 bridgehead atoms. The zero-order valence-corrected chi connectivity index (χ0v) is 12.1. The van der Waals surface area contributed by atoms with E-state index in [4.69, 9.17) is 11.5 Å². The Morgan fingerprint density at radius 2 is 1.75 bits per heavy atom. The van der Waals surface area contributed by atoms with Crippen molar-refractivity contribution in [3.05, 3.63) is 35.4 Å². The average Bonchev–Trinajstić information content (AvgIpc) is 2.18. The van der Waals surface area contributed by atoms with Gasteiger partial charge in [0.25, 0.3) is 0 Å². The second-order valence-electron chi connectivity index (χ2n) is 3.95. The zero-order chi connectivity index (χ0) is 11.3. The van der Waals surface area contributed by atoms with E-state index >= 15 is 0 Å². The van der Waals surface area contributed by atoms with Gasteiger partial charge >= 0.3 is 0 Å². The van der Waals surface area contributed by atoms with Crippen LogP contribution >= 0.6 is 24.0 Å². The number of hydrogen-bond donors (Lipinski definition) is 2. The molecule has 0 aliphatic heterocycles.